The van der Waals surface area contributed by atoms with Gasteiger partial charge in [0.2, 0.25) is 15.9 Å². The molecule has 0 aromatic carbocycles. The summed E-state index contributed by atoms with van der Waals surface area (Å²) in [5.41, 5.74) is -0.147. The molecular weight excluding hydrogens is 344 g/mol. The molecular formula is C17H24N2O3S2. The van der Waals surface area contributed by atoms with Crippen LogP contribution in [0.2, 0.25) is 0 Å². The molecule has 4 bridgehead atoms. The number of amides is 1. The van der Waals surface area contributed by atoms with Crippen molar-refractivity contribution in [1.82, 2.24) is 10.0 Å². The predicted octanol–water partition coefficient (Wildman–Crippen LogP) is 2.49. The lowest BCUT2D eigenvalue weighted by molar-refractivity contribution is -0.146. The Labute approximate surface area is 147 Å². The van der Waals surface area contributed by atoms with E-state index in [1.165, 1.54) is 37.6 Å². The Morgan fingerprint density at radius 1 is 1.17 bits per heavy atom. The van der Waals surface area contributed by atoms with E-state index in [1.54, 1.807) is 12.1 Å². The lowest BCUT2D eigenvalue weighted by atomic mass is 9.49. The van der Waals surface area contributed by atoms with Gasteiger partial charge >= 0.3 is 0 Å². The molecule has 4 aliphatic carbocycles. The summed E-state index contributed by atoms with van der Waals surface area (Å²) in [5, 5.41) is 3.10. The third kappa shape index (κ3) is 2.80. The van der Waals surface area contributed by atoms with Gasteiger partial charge in [-0.1, -0.05) is 0 Å². The van der Waals surface area contributed by atoms with Crippen molar-refractivity contribution in [1.29, 1.82) is 0 Å². The Morgan fingerprint density at radius 2 is 1.75 bits per heavy atom. The van der Waals surface area contributed by atoms with Gasteiger partial charge in [-0.15, -0.1) is 11.3 Å². The smallest absolute Gasteiger partial charge is 0.249 e. The van der Waals surface area contributed by atoms with Gasteiger partial charge in [0.1, 0.15) is 4.21 Å². The highest BCUT2D eigenvalue weighted by molar-refractivity contribution is 7.91. The largest absolute Gasteiger partial charge is 0.351 e. The summed E-state index contributed by atoms with van der Waals surface area (Å²) in [4.78, 5) is 13.8. The summed E-state index contributed by atoms with van der Waals surface area (Å²) in [6.07, 6.45) is 7.12. The minimum absolute atomic E-state index is 0.147. The van der Waals surface area contributed by atoms with Gasteiger partial charge in [-0.25, -0.2) is 13.1 Å². The number of thiophene rings is 1. The Balaban J connectivity index is 1.42. The zero-order valence-corrected chi connectivity index (χ0v) is 15.5. The minimum Gasteiger partial charge on any atom is -0.351 e. The zero-order valence-electron chi connectivity index (χ0n) is 13.9. The number of carbonyl (C=O) groups is 1. The van der Waals surface area contributed by atoms with Crippen molar-refractivity contribution in [3.05, 3.63) is 17.0 Å². The van der Waals surface area contributed by atoms with Crippen LogP contribution in [0.5, 0.6) is 0 Å². The maximum absolute atomic E-state index is 12.9. The molecule has 0 aliphatic heterocycles. The first-order chi connectivity index (χ1) is 11.4. The lowest BCUT2D eigenvalue weighted by Crippen LogP contribution is -2.53. The van der Waals surface area contributed by atoms with Crippen LogP contribution in [-0.2, 0) is 21.4 Å². The molecule has 4 aliphatic rings. The normalized spacial score (nSPS) is 34.5. The third-order valence-corrected chi connectivity index (χ3v) is 9.11. The van der Waals surface area contributed by atoms with Crippen LogP contribution in [0.15, 0.2) is 16.3 Å². The van der Waals surface area contributed by atoms with Crippen LogP contribution >= 0.6 is 11.3 Å². The molecule has 4 fully saturated rings. The molecule has 2 N–H and O–H groups in total. The third-order valence-electron chi connectivity index (χ3n) is 6.11. The molecule has 1 amide bonds. The van der Waals surface area contributed by atoms with Gasteiger partial charge in [0.15, 0.2) is 0 Å². The number of carbonyl (C=O) groups excluding carboxylic acids is 1. The molecule has 0 unspecified atom stereocenters. The second kappa shape index (κ2) is 5.81. The fourth-order valence-electron chi connectivity index (χ4n) is 5.44. The van der Waals surface area contributed by atoms with Gasteiger partial charge < -0.3 is 5.32 Å². The average Bonchev–Trinajstić information content (AvgIpc) is 3.01. The van der Waals surface area contributed by atoms with Gasteiger partial charge in [0.25, 0.3) is 0 Å². The van der Waals surface area contributed by atoms with Gasteiger partial charge in [-0.05, 0) is 75.5 Å². The summed E-state index contributed by atoms with van der Waals surface area (Å²) >= 11 is 1.22. The highest BCUT2D eigenvalue weighted by Gasteiger charge is 2.54. The standard InChI is InChI=1S/C17H24N2O3S2/c1-18-24(21,22)15-3-2-14(23-15)10-19-16(20)17-7-11-4-12(8-17)6-13(5-11)9-17/h2-3,11-13,18H,4-10H2,1H3,(H,19,20). The lowest BCUT2D eigenvalue weighted by Gasteiger charge is -2.55. The van der Waals surface area contributed by atoms with E-state index in [2.05, 4.69) is 10.0 Å². The fraction of sp³-hybridized carbons (Fsp3) is 0.706. The first kappa shape index (κ1) is 16.5. The molecule has 0 atom stereocenters. The van der Waals surface area contributed by atoms with Crippen molar-refractivity contribution in [3.63, 3.8) is 0 Å². The minimum atomic E-state index is -3.40. The summed E-state index contributed by atoms with van der Waals surface area (Å²) < 4.78 is 26.2. The molecule has 0 radical (unpaired) electrons. The van der Waals surface area contributed by atoms with E-state index in [-0.39, 0.29) is 11.3 Å². The fourth-order valence-corrected chi connectivity index (χ4v) is 7.58. The summed E-state index contributed by atoms with van der Waals surface area (Å²) in [6.45, 7) is 0.421. The molecule has 1 heterocycles. The van der Waals surface area contributed by atoms with Gasteiger partial charge in [0, 0.05) is 10.3 Å². The van der Waals surface area contributed by atoms with Crippen LogP contribution in [0.25, 0.3) is 0 Å². The Bertz CT molecular complexity index is 718. The monoisotopic (exact) mass is 368 g/mol. The SMILES string of the molecule is CNS(=O)(=O)c1ccc(CNC(=O)C23CC4CC(CC(C4)C2)C3)s1. The topological polar surface area (TPSA) is 75.3 Å². The van der Waals surface area contributed by atoms with Crippen LogP contribution in [0, 0.1) is 23.2 Å². The first-order valence-corrected chi connectivity index (χ1v) is 11.0. The second-order valence-electron chi connectivity index (χ2n) is 7.81. The van der Waals surface area contributed by atoms with Crippen LogP contribution in [-0.4, -0.2) is 21.4 Å². The van der Waals surface area contributed by atoms with Crippen molar-refractivity contribution in [2.75, 3.05) is 7.05 Å². The van der Waals surface area contributed by atoms with Crippen LogP contribution in [0.3, 0.4) is 0 Å². The van der Waals surface area contributed by atoms with E-state index in [0.717, 1.165) is 41.9 Å². The highest BCUT2D eigenvalue weighted by Crippen LogP contribution is 2.60. The van der Waals surface area contributed by atoms with Crippen LogP contribution in [0.4, 0.5) is 0 Å². The molecule has 1 aromatic rings. The van der Waals surface area contributed by atoms with E-state index < -0.39 is 10.0 Å². The summed E-state index contributed by atoms with van der Waals surface area (Å²) in [7, 11) is -1.99. The van der Waals surface area contributed by atoms with Gasteiger partial charge in [-0.2, -0.15) is 0 Å². The van der Waals surface area contributed by atoms with Crippen molar-refractivity contribution in [2.45, 2.75) is 49.3 Å². The molecule has 0 saturated heterocycles. The number of hydrogen-bond acceptors (Lipinski definition) is 4. The van der Waals surface area contributed by atoms with E-state index in [1.807, 2.05) is 0 Å². The van der Waals surface area contributed by atoms with E-state index in [9.17, 15) is 13.2 Å². The molecule has 132 valence electrons. The van der Waals surface area contributed by atoms with E-state index >= 15 is 0 Å². The number of rotatable bonds is 5. The Kier molecular flexibility index (Phi) is 4.01. The molecule has 5 rings (SSSR count). The molecule has 5 nitrogen and oxygen atoms in total. The van der Waals surface area contributed by atoms with E-state index in [4.69, 9.17) is 0 Å². The highest BCUT2D eigenvalue weighted by atomic mass is 32.2. The predicted molar refractivity (Wildman–Crippen MR) is 93.0 cm³/mol. The number of nitrogens with one attached hydrogen (secondary N) is 2. The van der Waals surface area contributed by atoms with Crippen molar-refractivity contribution in [3.8, 4) is 0 Å². The Morgan fingerprint density at radius 3 is 2.29 bits per heavy atom. The maximum Gasteiger partial charge on any atom is 0.249 e. The maximum atomic E-state index is 12.9. The number of sulfonamides is 1. The molecule has 4 saturated carbocycles. The first-order valence-electron chi connectivity index (χ1n) is 8.71. The zero-order chi connectivity index (χ0) is 16.9. The van der Waals surface area contributed by atoms with Crippen molar-refractivity contribution >= 4 is 27.3 Å². The quantitative estimate of drug-likeness (QED) is 0.838. The van der Waals surface area contributed by atoms with E-state index in [0.29, 0.717) is 10.8 Å². The van der Waals surface area contributed by atoms with Crippen LogP contribution < -0.4 is 10.0 Å². The summed E-state index contributed by atoms with van der Waals surface area (Å²) in [6, 6.07) is 3.39. The van der Waals surface area contributed by atoms with Crippen molar-refractivity contribution < 1.29 is 13.2 Å². The molecule has 24 heavy (non-hydrogen) atoms. The van der Waals surface area contributed by atoms with Crippen molar-refractivity contribution in [2.24, 2.45) is 23.2 Å². The molecule has 0 spiro atoms. The number of hydrogen-bond donors (Lipinski definition) is 2. The van der Waals surface area contributed by atoms with Gasteiger partial charge in [-0.3, -0.25) is 4.79 Å². The molecule has 1 aromatic heterocycles. The Hall–Kier alpha value is -0.920. The summed E-state index contributed by atoms with van der Waals surface area (Å²) in [5.74, 6) is 2.43. The average molecular weight is 369 g/mol. The van der Waals surface area contributed by atoms with Gasteiger partial charge in [0.05, 0.1) is 6.54 Å². The molecule has 7 heteroatoms. The second-order valence-corrected chi connectivity index (χ2v) is 11.1. The van der Waals surface area contributed by atoms with Crippen LogP contribution in [0.1, 0.15) is 43.4 Å².